The maximum Gasteiger partial charge on any atom is 0.231 e. The summed E-state index contributed by atoms with van der Waals surface area (Å²) in [6, 6.07) is 24.6. The van der Waals surface area contributed by atoms with Crippen LogP contribution in [-0.4, -0.2) is 52.6 Å². The smallest absolute Gasteiger partial charge is 0.231 e. The van der Waals surface area contributed by atoms with Crippen molar-refractivity contribution in [2.45, 2.75) is 46.0 Å². The van der Waals surface area contributed by atoms with Crippen LogP contribution in [0.4, 0.5) is 5.82 Å². The number of aromatic amines is 1. The Bertz CT molecular complexity index is 2990. The van der Waals surface area contributed by atoms with E-state index in [0.29, 0.717) is 27.8 Å². The zero-order valence-corrected chi connectivity index (χ0v) is 40.1. The first-order valence-corrected chi connectivity index (χ1v) is 23.5. The first-order valence-electron chi connectivity index (χ1n) is 18.1. The maximum atomic E-state index is 8.17. The van der Waals surface area contributed by atoms with Gasteiger partial charge in [-0.15, -0.1) is 0 Å². The highest BCUT2D eigenvalue weighted by Gasteiger charge is 2.22. The molecule has 0 radical (unpaired) electrons. The summed E-state index contributed by atoms with van der Waals surface area (Å²) in [5, 5.41) is 9.65. The second-order valence-electron chi connectivity index (χ2n) is 13.2. The molecule has 4 N–H and O–H groups in total. The lowest BCUT2D eigenvalue weighted by atomic mass is 10.1. The zero-order chi connectivity index (χ0) is 41.3. The number of nitrogens with two attached hydrogens (primary N) is 1. The van der Waals surface area contributed by atoms with Gasteiger partial charge in [-0.05, 0) is 150 Å². The molecule has 0 unspecified atom stereocenters. The SMILES string of the molecule is N=c1ncn(CCc2cccc(I)c2)c2nc(Sc3cc4c(cc3Br)OCO4)[nH]c12.Nc1ncnc2c1nc(Sc1cc3c(cc1Br)OCO3)n2CCc1cccc(I)c1. The van der Waals surface area contributed by atoms with Crippen LogP contribution in [0.15, 0.2) is 115 Å². The monoisotopic (exact) mass is 1190 g/mol. The van der Waals surface area contributed by atoms with Crippen molar-refractivity contribution < 1.29 is 18.9 Å². The van der Waals surface area contributed by atoms with Crippen molar-refractivity contribution in [3.05, 3.63) is 118 Å². The fourth-order valence-electron chi connectivity index (χ4n) is 6.42. The Morgan fingerprint density at radius 1 is 0.733 bits per heavy atom. The minimum absolute atomic E-state index is 0.180. The molecule has 2 aliphatic rings. The molecule has 0 aliphatic carbocycles. The molecule has 4 aromatic heterocycles. The Balaban J connectivity index is 0.000000154. The van der Waals surface area contributed by atoms with Gasteiger partial charge >= 0.3 is 0 Å². The minimum Gasteiger partial charge on any atom is -0.454 e. The summed E-state index contributed by atoms with van der Waals surface area (Å²) in [5.41, 5.74) is 11.5. The average Bonchev–Trinajstić information content (AvgIpc) is 4.05. The lowest BCUT2D eigenvalue weighted by Crippen LogP contribution is -2.13. The van der Waals surface area contributed by atoms with Gasteiger partial charge in [-0.3, -0.25) is 5.41 Å². The summed E-state index contributed by atoms with van der Waals surface area (Å²) in [7, 11) is 0. The molecule has 14 nitrogen and oxygen atoms in total. The number of nitrogen functional groups attached to an aromatic ring is 1. The van der Waals surface area contributed by atoms with Gasteiger partial charge in [0, 0.05) is 39.0 Å². The van der Waals surface area contributed by atoms with Crippen molar-refractivity contribution in [3.63, 3.8) is 0 Å². The third-order valence-electron chi connectivity index (χ3n) is 9.33. The number of anilines is 1. The van der Waals surface area contributed by atoms with Gasteiger partial charge in [-0.2, -0.15) is 0 Å². The number of hydrogen-bond acceptors (Lipinski definition) is 13. The molecular weight excluding hydrogens is 1160 g/mol. The van der Waals surface area contributed by atoms with Gasteiger partial charge in [-0.25, -0.2) is 24.9 Å². The molecular formula is C40H30Br2I2N10O4S2. The molecule has 0 fully saturated rings. The minimum atomic E-state index is 0.180. The van der Waals surface area contributed by atoms with E-state index in [2.05, 4.69) is 150 Å². The Hall–Kier alpha value is -4.10. The van der Waals surface area contributed by atoms with Crippen LogP contribution in [0, 0.1) is 12.5 Å². The summed E-state index contributed by atoms with van der Waals surface area (Å²) >= 11 is 14.8. The normalized spacial score (nSPS) is 12.6. The van der Waals surface area contributed by atoms with Crippen LogP contribution in [0.5, 0.6) is 23.0 Å². The maximum absolute atomic E-state index is 8.17. The molecule has 0 saturated carbocycles. The Labute approximate surface area is 394 Å². The van der Waals surface area contributed by atoms with Crippen LogP contribution in [0.25, 0.3) is 22.3 Å². The summed E-state index contributed by atoms with van der Waals surface area (Å²) in [6.45, 7) is 1.91. The number of benzene rings is 4. The number of hydrogen-bond donors (Lipinski definition) is 3. The van der Waals surface area contributed by atoms with Crippen molar-refractivity contribution in [3.8, 4) is 23.0 Å². The largest absolute Gasteiger partial charge is 0.454 e. The predicted molar refractivity (Wildman–Crippen MR) is 252 cm³/mol. The number of rotatable bonds is 10. The Morgan fingerprint density at radius 2 is 1.33 bits per heavy atom. The van der Waals surface area contributed by atoms with E-state index in [0.717, 1.165) is 78.4 Å². The third kappa shape index (κ3) is 9.08. The molecule has 10 rings (SSSR count). The molecule has 0 bridgehead atoms. The fourth-order valence-corrected chi connectivity index (χ4v) is 10.5. The van der Waals surface area contributed by atoms with Crippen molar-refractivity contribution in [2.75, 3.05) is 19.3 Å². The highest BCUT2D eigenvalue weighted by atomic mass is 127. The Morgan fingerprint density at radius 3 is 1.97 bits per heavy atom. The molecule has 8 aromatic rings. The van der Waals surface area contributed by atoms with Crippen LogP contribution in [0.3, 0.4) is 0 Å². The van der Waals surface area contributed by atoms with E-state index in [1.807, 2.05) is 28.8 Å². The molecule has 20 heteroatoms. The standard InChI is InChI=1S/2C20H15BrIN5O2S/c21-13-7-14-15(29-10-28-14)8-16(13)30-20-25-17-18(23)24-9-27(19(17)26-20)5-4-11-2-1-3-12(22)6-11;21-13-7-14-15(29-10-28-14)8-16(13)30-20-26-17-18(23)24-9-25-19(17)27(20)5-4-11-2-1-3-12(22)6-11/h1-3,6-9,23H,4-5,10H2,(H,25,26);1-3,6-9H,4-5,10H2,(H2,23,24,25). The number of imidazole rings is 2. The fraction of sp³-hybridized carbons (Fsp3) is 0.150. The van der Waals surface area contributed by atoms with E-state index in [1.54, 1.807) is 6.33 Å². The summed E-state index contributed by atoms with van der Waals surface area (Å²) in [6.07, 6.45) is 4.87. The van der Waals surface area contributed by atoms with Crippen LogP contribution in [0.1, 0.15) is 11.1 Å². The molecule has 0 saturated heterocycles. The highest BCUT2D eigenvalue weighted by molar-refractivity contribution is 14.1. The van der Waals surface area contributed by atoms with E-state index in [1.165, 1.54) is 48.1 Å². The summed E-state index contributed by atoms with van der Waals surface area (Å²) < 4.78 is 30.2. The quantitative estimate of drug-likeness (QED) is 0.111. The number of aromatic nitrogens is 8. The number of H-pyrrole nitrogens is 1. The number of nitrogens with one attached hydrogen (secondary N) is 2. The van der Waals surface area contributed by atoms with Crippen LogP contribution in [-0.2, 0) is 25.9 Å². The van der Waals surface area contributed by atoms with Gasteiger partial charge in [0.2, 0.25) is 13.6 Å². The predicted octanol–water partition coefficient (Wildman–Crippen LogP) is 9.63. The van der Waals surface area contributed by atoms with Gasteiger partial charge in [0.1, 0.15) is 11.8 Å². The second kappa shape index (κ2) is 18.1. The topological polar surface area (TPSA) is 177 Å². The zero-order valence-electron chi connectivity index (χ0n) is 31.0. The first kappa shape index (κ1) is 41.3. The molecule has 304 valence electrons. The summed E-state index contributed by atoms with van der Waals surface area (Å²) in [5.74, 6) is 3.27. The Kier molecular flexibility index (Phi) is 12.4. The first-order chi connectivity index (χ1) is 29.1. The lowest BCUT2D eigenvalue weighted by Gasteiger charge is -2.10. The van der Waals surface area contributed by atoms with Crippen molar-refractivity contribution in [1.29, 1.82) is 5.41 Å². The van der Waals surface area contributed by atoms with Gasteiger partial charge in [0.15, 0.2) is 61.4 Å². The van der Waals surface area contributed by atoms with E-state index in [-0.39, 0.29) is 19.1 Å². The molecule has 2 aliphatic heterocycles. The van der Waals surface area contributed by atoms with Crippen LogP contribution < -0.4 is 30.2 Å². The van der Waals surface area contributed by atoms with E-state index in [9.17, 15) is 0 Å². The van der Waals surface area contributed by atoms with Crippen LogP contribution >= 0.6 is 101 Å². The van der Waals surface area contributed by atoms with E-state index < -0.39 is 0 Å². The third-order valence-corrected chi connectivity index (χ3v) is 14.5. The molecule has 4 aromatic carbocycles. The average molecular weight is 1190 g/mol. The molecule has 0 atom stereocenters. The number of ether oxygens (including phenoxy) is 4. The van der Waals surface area contributed by atoms with Crippen molar-refractivity contribution in [1.82, 2.24) is 39.0 Å². The van der Waals surface area contributed by atoms with Gasteiger partial charge in [-0.1, -0.05) is 47.8 Å². The van der Waals surface area contributed by atoms with Gasteiger partial charge < -0.3 is 38.8 Å². The molecule has 0 amide bonds. The lowest BCUT2D eigenvalue weighted by molar-refractivity contribution is 0.173. The summed E-state index contributed by atoms with van der Waals surface area (Å²) in [4.78, 5) is 27.4. The number of nitrogens with zero attached hydrogens (tertiary/aromatic N) is 7. The van der Waals surface area contributed by atoms with Crippen molar-refractivity contribution >= 4 is 129 Å². The van der Waals surface area contributed by atoms with Crippen LogP contribution in [0.2, 0.25) is 0 Å². The molecule has 6 heterocycles. The number of halogens is 4. The van der Waals surface area contributed by atoms with Gasteiger partial charge in [0.05, 0.1) is 6.33 Å². The van der Waals surface area contributed by atoms with Gasteiger partial charge in [0.25, 0.3) is 0 Å². The number of aryl methyl sites for hydroxylation is 4. The molecule has 60 heavy (non-hydrogen) atoms. The number of fused-ring (bicyclic) bond motifs is 4. The highest BCUT2D eigenvalue weighted by Crippen LogP contribution is 2.44. The second-order valence-corrected chi connectivity index (χ2v) is 19.5. The van der Waals surface area contributed by atoms with E-state index in [4.69, 9.17) is 40.1 Å². The van der Waals surface area contributed by atoms with Crippen molar-refractivity contribution in [2.24, 2.45) is 0 Å². The van der Waals surface area contributed by atoms with E-state index >= 15 is 0 Å². The molecule has 0 spiro atoms.